The minimum atomic E-state index is -0.182. The van der Waals surface area contributed by atoms with Crippen molar-refractivity contribution in [1.82, 2.24) is 15.1 Å². The Kier molecular flexibility index (Phi) is 6.92. The van der Waals surface area contributed by atoms with Crippen LogP contribution in [0.15, 0.2) is 28.7 Å². The molecule has 2 aromatic rings. The number of nitrogens with one attached hydrogen (secondary N) is 1. The third-order valence-corrected chi connectivity index (χ3v) is 5.54. The van der Waals surface area contributed by atoms with Crippen molar-refractivity contribution >= 4 is 44.2 Å². The lowest BCUT2D eigenvalue weighted by atomic mass is 10.2. The summed E-state index contributed by atoms with van der Waals surface area (Å²) in [5, 5.41) is 12.1. The Labute approximate surface area is 170 Å². The standard InChI is InChI=1S/C18H21BrN4O3S/c1-26-10-9-23(17(25)12-5-6-12)8-7-15(24)20-18-22-21-16(27-18)13-3-2-4-14(19)11-13/h2-4,11-12H,5-10H2,1H3,(H,20,22,24). The van der Waals surface area contributed by atoms with Gasteiger partial charge in [0, 0.05) is 42.6 Å². The number of hydrogen-bond donors (Lipinski definition) is 1. The van der Waals surface area contributed by atoms with Gasteiger partial charge in [0.15, 0.2) is 0 Å². The molecule has 1 fully saturated rings. The first-order valence-electron chi connectivity index (χ1n) is 8.74. The molecular formula is C18H21BrN4O3S. The molecule has 1 saturated carbocycles. The zero-order chi connectivity index (χ0) is 19.2. The third-order valence-electron chi connectivity index (χ3n) is 4.16. The van der Waals surface area contributed by atoms with Crippen molar-refractivity contribution in [3.8, 4) is 10.6 Å². The third kappa shape index (κ3) is 5.82. The number of carbonyl (C=O) groups excluding carboxylic acids is 2. The molecule has 0 radical (unpaired) electrons. The molecule has 0 spiro atoms. The van der Waals surface area contributed by atoms with E-state index in [1.807, 2.05) is 24.3 Å². The second-order valence-corrected chi connectivity index (χ2v) is 8.21. The van der Waals surface area contributed by atoms with Gasteiger partial charge in [0.2, 0.25) is 16.9 Å². The lowest BCUT2D eigenvalue weighted by Crippen LogP contribution is -2.37. The Morgan fingerprint density at radius 1 is 1.33 bits per heavy atom. The van der Waals surface area contributed by atoms with Gasteiger partial charge in [-0.25, -0.2) is 0 Å². The van der Waals surface area contributed by atoms with E-state index >= 15 is 0 Å². The fourth-order valence-electron chi connectivity index (χ4n) is 2.55. The van der Waals surface area contributed by atoms with Crippen LogP contribution in [0.25, 0.3) is 10.6 Å². The highest BCUT2D eigenvalue weighted by Crippen LogP contribution is 2.31. The summed E-state index contributed by atoms with van der Waals surface area (Å²) in [7, 11) is 1.60. The molecule has 1 aromatic carbocycles. The molecular weight excluding hydrogens is 432 g/mol. The minimum absolute atomic E-state index is 0.118. The van der Waals surface area contributed by atoms with Gasteiger partial charge in [-0.1, -0.05) is 39.4 Å². The summed E-state index contributed by atoms with van der Waals surface area (Å²) in [6.07, 6.45) is 2.10. The first-order chi connectivity index (χ1) is 13.1. The van der Waals surface area contributed by atoms with Crippen LogP contribution in [-0.2, 0) is 14.3 Å². The van der Waals surface area contributed by atoms with Gasteiger partial charge in [0.05, 0.1) is 6.61 Å². The summed E-state index contributed by atoms with van der Waals surface area (Å²) in [6, 6.07) is 7.74. The van der Waals surface area contributed by atoms with Crippen molar-refractivity contribution in [3.63, 3.8) is 0 Å². The zero-order valence-corrected chi connectivity index (χ0v) is 17.4. The second-order valence-electron chi connectivity index (χ2n) is 6.31. The molecule has 0 unspecified atom stereocenters. The zero-order valence-electron chi connectivity index (χ0n) is 15.0. The number of hydrogen-bond acceptors (Lipinski definition) is 6. The van der Waals surface area contributed by atoms with Crippen molar-refractivity contribution in [2.24, 2.45) is 5.92 Å². The predicted octanol–water partition coefficient (Wildman–Crippen LogP) is 3.18. The van der Waals surface area contributed by atoms with Gasteiger partial charge in [0.1, 0.15) is 5.01 Å². The number of benzene rings is 1. The smallest absolute Gasteiger partial charge is 0.227 e. The van der Waals surface area contributed by atoms with Gasteiger partial charge < -0.3 is 15.0 Å². The van der Waals surface area contributed by atoms with E-state index in [0.29, 0.717) is 24.8 Å². The lowest BCUT2D eigenvalue weighted by molar-refractivity contribution is -0.133. The van der Waals surface area contributed by atoms with Crippen LogP contribution in [-0.4, -0.2) is 53.7 Å². The van der Waals surface area contributed by atoms with Gasteiger partial charge in [-0.3, -0.25) is 9.59 Å². The van der Waals surface area contributed by atoms with E-state index in [0.717, 1.165) is 27.9 Å². The van der Waals surface area contributed by atoms with Gasteiger partial charge in [-0.05, 0) is 25.0 Å². The van der Waals surface area contributed by atoms with Crippen LogP contribution in [0, 0.1) is 5.92 Å². The minimum Gasteiger partial charge on any atom is -0.383 e. The Morgan fingerprint density at radius 2 is 2.15 bits per heavy atom. The van der Waals surface area contributed by atoms with Crippen LogP contribution >= 0.6 is 27.3 Å². The average Bonchev–Trinajstić information content (AvgIpc) is 3.41. The maximum Gasteiger partial charge on any atom is 0.227 e. The van der Waals surface area contributed by atoms with E-state index in [2.05, 4.69) is 31.4 Å². The molecule has 1 heterocycles. The number of carbonyl (C=O) groups is 2. The molecule has 0 aliphatic heterocycles. The topological polar surface area (TPSA) is 84.4 Å². The Balaban J connectivity index is 1.53. The second kappa shape index (κ2) is 9.38. The number of aromatic nitrogens is 2. The Bertz CT molecular complexity index is 809. The summed E-state index contributed by atoms with van der Waals surface area (Å²) >= 11 is 4.75. The number of methoxy groups -OCH3 is 1. The predicted molar refractivity (Wildman–Crippen MR) is 107 cm³/mol. The van der Waals surface area contributed by atoms with Crippen molar-refractivity contribution in [2.45, 2.75) is 19.3 Å². The van der Waals surface area contributed by atoms with Gasteiger partial charge in [-0.15, -0.1) is 10.2 Å². The number of amides is 2. The largest absolute Gasteiger partial charge is 0.383 e. The van der Waals surface area contributed by atoms with E-state index < -0.39 is 0 Å². The summed E-state index contributed by atoms with van der Waals surface area (Å²) in [5.74, 6) is 0.0616. The van der Waals surface area contributed by atoms with E-state index in [4.69, 9.17) is 4.74 Å². The fourth-order valence-corrected chi connectivity index (χ4v) is 3.71. The van der Waals surface area contributed by atoms with Crippen molar-refractivity contribution in [2.75, 3.05) is 32.1 Å². The van der Waals surface area contributed by atoms with E-state index in [1.54, 1.807) is 12.0 Å². The highest BCUT2D eigenvalue weighted by atomic mass is 79.9. The Hall–Kier alpha value is -1.84. The van der Waals surface area contributed by atoms with E-state index in [1.165, 1.54) is 11.3 Å². The molecule has 7 nitrogen and oxygen atoms in total. The first kappa shape index (κ1) is 19.9. The SMILES string of the molecule is COCCN(CCC(=O)Nc1nnc(-c2cccc(Br)c2)s1)C(=O)C1CC1. The van der Waals surface area contributed by atoms with Crippen molar-refractivity contribution in [1.29, 1.82) is 0 Å². The highest BCUT2D eigenvalue weighted by molar-refractivity contribution is 9.10. The van der Waals surface area contributed by atoms with Gasteiger partial charge in [-0.2, -0.15) is 0 Å². The summed E-state index contributed by atoms with van der Waals surface area (Å²) < 4.78 is 6.02. The summed E-state index contributed by atoms with van der Waals surface area (Å²) in [5.41, 5.74) is 0.933. The quantitative estimate of drug-likeness (QED) is 0.631. The fraction of sp³-hybridized carbons (Fsp3) is 0.444. The van der Waals surface area contributed by atoms with Crippen LogP contribution in [0.3, 0.4) is 0 Å². The van der Waals surface area contributed by atoms with Crippen LogP contribution in [0.1, 0.15) is 19.3 Å². The first-order valence-corrected chi connectivity index (χ1v) is 10.3. The molecule has 144 valence electrons. The van der Waals surface area contributed by atoms with Crippen LogP contribution < -0.4 is 5.32 Å². The Morgan fingerprint density at radius 3 is 2.85 bits per heavy atom. The van der Waals surface area contributed by atoms with Crippen LogP contribution in [0.4, 0.5) is 5.13 Å². The average molecular weight is 453 g/mol. The summed E-state index contributed by atoms with van der Waals surface area (Å²) in [4.78, 5) is 26.3. The molecule has 2 amide bonds. The normalized spacial score (nSPS) is 13.4. The van der Waals surface area contributed by atoms with E-state index in [9.17, 15) is 9.59 Å². The molecule has 9 heteroatoms. The molecule has 1 N–H and O–H groups in total. The molecule has 1 aliphatic rings. The number of ether oxygens (including phenoxy) is 1. The maximum atomic E-state index is 12.3. The molecule has 3 rings (SSSR count). The molecule has 0 saturated heterocycles. The van der Waals surface area contributed by atoms with Crippen LogP contribution in [0.2, 0.25) is 0 Å². The highest BCUT2D eigenvalue weighted by Gasteiger charge is 2.33. The molecule has 27 heavy (non-hydrogen) atoms. The summed E-state index contributed by atoms with van der Waals surface area (Å²) in [6.45, 7) is 1.35. The monoisotopic (exact) mass is 452 g/mol. The van der Waals surface area contributed by atoms with E-state index in [-0.39, 0.29) is 24.2 Å². The lowest BCUT2D eigenvalue weighted by Gasteiger charge is -2.22. The van der Waals surface area contributed by atoms with Crippen molar-refractivity contribution in [3.05, 3.63) is 28.7 Å². The van der Waals surface area contributed by atoms with Gasteiger partial charge in [0.25, 0.3) is 0 Å². The van der Waals surface area contributed by atoms with Crippen molar-refractivity contribution < 1.29 is 14.3 Å². The van der Waals surface area contributed by atoms with Gasteiger partial charge >= 0.3 is 0 Å². The number of rotatable bonds is 9. The maximum absolute atomic E-state index is 12.3. The molecule has 0 bridgehead atoms. The number of anilines is 1. The molecule has 0 atom stereocenters. The molecule has 1 aliphatic carbocycles. The van der Waals surface area contributed by atoms with Crippen LogP contribution in [0.5, 0.6) is 0 Å². The number of nitrogens with zero attached hydrogens (tertiary/aromatic N) is 3. The molecule has 1 aromatic heterocycles. The number of halogens is 1.